The van der Waals surface area contributed by atoms with Crippen LogP contribution in [0.4, 0.5) is 8.78 Å². The van der Waals surface area contributed by atoms with Gasteiger partial charge in [0, 0.05) is 17.2 Å². The summed E-state index contributed by atoms with van der Waals surface area (Å²) >= 11 is 0. The molecule has 1 atom stereocenters. The lowest BCUT2D eigenvalue weighted by atomic mass is 9.89. The van der Waals surface area contributed by atoms with Crippen molar-refractivity contribution in [2.24, 2.45) is 0 Å². The Hall–Kier alpha value is -1.47. The van der Waals surface area contributed by atoms with Crippen LogP contribution in [0.2, 0.25) is 0 Å². The second-order valence-corrected chi connectivity index (χ2v) is 4.29. The smallest absolute Gasteiger partial charge is 0.143 e. The van der Waals surface area contributed by atoms with Crippen LogP contribution in [0.1, 0.15) is 30.9 Å². The highest BCUT2D eigenvalue weighted by atomic mass is 19.1. The average molecular weight is 222 g/mol. The van der Waals surface area contributed by atoms with E-state index in [-0.39, 0.29) is 5.56 Å². The van der Waals surface area contributed by atoms with E-state index < -0.39 is 17.2 Å². The lowest BCUT2D eigenvalue weighted by Crippen LogP contribution is -2.34. The largest absolute Gasteiger partial charge is 0.308 e. The monoisotopic (exact) mass is 222 g/mol. The van der Waals surface area contributed by atoms with Crippen LogP contribution >= 0.6 is 0 Å². The molecule has 1 aliphatic heterocycles. The molecular weight excluding hydrogens is 210 g/mol. The molecule has 0 amide bonds. The van der Waals surface area contributed by atoms with Gasteiger partial charge >= 0.3 is 0 Å². The van der Waals surface area contributed by atoms with Gasteiger partial charge in [0.05, 0.1) is 5.56 Å². The Kier molecular flexibility index (Phi) is 2.64. The molecule has 84 valence electrons. The molecule has 1 fully saturated rings. The van der Waals surface area contributed by atoms with E-state index in [4.69, 9.17) is 5.26 Å². The Morgan fingerprint density at radius 3 is 2.69 bits per heavy atom. The maximum absolute atomic E-state index is 13.7. The summed E-state index contributed by atoms with van der Waals surface area (Å²) in [5, 5.41) is 11.9. The molecule has 2 nitrogen and oxygen atoms in total. The normalized spacial score (nSPS) is 24.4. The van der Waals surface area contributed by atoms with Gasteiger partial charge in [-0.2, -0.15) is 5.26 Å². The van der Waals surface area contributed by atoms with Crippen molar-refractivity contribution in [3.63, 3.8) is 0 Å². The van der Waals surface area contributed by atoms with E-state index in [1.165, 1.54) is 6.07 Å². The van der Waals surface area contributed by atoms with Gasteiger partial charge in [0.25, 0.3) is 0 Å². The minimum absolute atomic E-state index is 0.105. The van der Waals surface area contributed by atoms with E-state index in [2.05, 4.69) is 5.32 Å². The van der Waals surface area contributed by atoms with Crippen LogP contribution in [0.15, 0.2) is 12.1 Å². The van der Waals surface area contributed by atoms with Crippen molar-refractivity contribution >= 4 is 0 Å². The van der Waals surface area contributed by atoms with Gasteiger partial charge in [-0.05, 0) is 32.4 Å². The summed E-state index contributed by atoms with van der Waals surface area (Å²) in [5.74, 6) is -1.39. The average Bonchev–Trinajstić information content (AvgIpc) is 2.66. The molecule has 1 aromatic carbocycles. The molecule has 1 aromatic rings. The molecule has 1 heterocycles. The second kappa shape index (κ2) is 3.84. The zero-order valence-corrected chi connectivity index (χ0v) is 8.98. The third-order valence-electron chi connectivity index (χ3n) is 3.14. The number of rotatable bonds is 1. The molecule has 1 unspecified atom stereocenters. The topological polar surface area (TPSA) is 35.8 Å². The molecule has 0 aliphatic carbocycles. The molecule has 0 radical (unpaired) electrons. The number of halogens is 2. The van der Waals surface area contributed by atoms with E-state index in [9.17, 15) is 8.78 Å². The van der Waals surface area contributed by atoms with Crippen molar-refractivity contribution in [3.05, 3.63) is 34.9 Å². The fraction of sp³-hybridized carbons (Fsp3) is 0.417. The lowest BCUT2D eigenvalue weighted by Gasteiger charge is -2.25. The third-order valence-corrected chi connectivity index (χ3v) is 3.14. The Balaban J connectivity index is 2.53. The van der Waals surface area contributed by atoms with Crippen LogP contribution in [0.25, 0.3) is 0 Å². The zero-order valence-electron chi connectivity index (χ0n) is 8.98. The first kappa shape index (κ1) is 11.0. The first-order chi connectivity index (χ1) is 7.57. The van der Waals surface area contributed by atoms with E-state index in [0.29, 0.717) is 5.56 Å². The predicted molar refractivity (Wildman–Crippen MR) is 55.7 cm³/mol. The van der Waals surface area contributed by atoms with E-state index in [0.717, 1.165) is 25.5 Å². The van der Waals surface area contributed by atoms with E-state index in [1.807, 2.05) is 6.92 Å². The molecular formula is C12H12F2N2. The minimum Gasteiger partial charge on any atom is -0.308 e. The van der Waals surface area contributed by atoms with Crippen LogP contribution in [0.3, 0.4) is 0 Å². The van der Waals surface area contributed by atoms with Crippen LogP contribution in [-0.4, -0.2) is 6.54 Å². The van der Waals surface area contributed by atoms with Crippen LogP contribution < -0.4 is 5.32 Å². The predicted octanol–water partition coefficient (Wildman–Crippen LogP) is 2.44. The van der Waals surface area contributed by atoms with E-state index in [1.54, 1.807) is 6.07 Å². The van der Waals surface area contributed by atoms with Gasteiger partial charge < -0.3 is 5.32 Å². The summed E-state index contributed by atoms with van der Waals surface area (Å²) in [7, 11) is 0. The Morgan fingerprint density at radius 1 is 1.38 bits per heavy atom. The lowest BCUT2D eigenvalue weighted by molar-refractivity contribution is 0.408. The fourth-order valence-electron chi connectivity index (χ4n) is 2.18. The quantitative estimate of drug-likeness (QED) is 0.792. The summed E-state index contributed by atoms with van der Waals surface area (Å²) in [6, 6.07) is 3.83. The number of nitriles is 1. The fourth-order valence-corrected chi connectivity index (χ4v) is 2.18. The molecule has 0 spiro atoms. The molecule has 1 N–H and O–H groups in total. The number of hydrogen-bond donors (Lipinski definition) is 1. The van der Waals surface area contributed by atoms with Gasteiger partial charge in [0.15, 0.2) is 0 Å². The SMILES string of the molecule is CC1(c2cc(C#N)c(F)cc2F)CCCN1. The van der Waals surface area contributed by atoms with Gasteiger partial charge in [0.2, 0.25) is 0 Å². The summed E-state index contributed by atoms with van der Waals surface area (Å²) in [5.41, 5.74) is -0.210. The van der Waals surface area contributed by atoms with E-state index >= 15 is 0 Å². The van der Waals surface area contributed by atoms with Crippen molar-refractivity contribution in [2.45, 2.75) is 25.3 Å². The van der Waals surface area contributed by atoms with Crippen LogP contribution in [0.5, 0.6) is 0 Å². The number of hydrogen-bond acceptors (Lipinski definition) is 2. The van der Waals surface area contributed by atoms with Gasteiger partial charge in [-0.1, -0.05) is 0 Å². The standard InChI is InChI=1S/C12H12F2N2/c1-12(3-2-4-16-12)9-5-8(7-15)10(13)6-11(9)14/h5-6,16H,2-4H2,1H3. The molecule has 16 heavy (non-hydrogen) atoms. The maximum Gasteiger partial charge on any atom is 0.143 e. The molecule has 4 heteroatoms. The molecule has 2 rings (SSSR count). The molecule has 1 aliphatic rings. The second-order valence-electron chi connectivity index (χ2n) is 4.29. The Bertz CT molecular complexity index is 457. The highest BCUT2D eigenvalue weighted by molar-refractivity contribution is 5.38. The van der Waals surface area contributed by atoms with Gasteiger partial charge in [-0.3, -0.25) is 0 Å². The van der Waals surface area contributed by atoms with Gasteiger partial charge in [-0.15, -0.1) is 0 Å². The Labute approximate surface area is 92.9 Å². The first-order valence-corrected chi connectivity index (χ1v) is 5.21. The van der Waals surface area contributed by atoms with Crippen LogP contribution in [0, 0.1) is 23.0 Å². The maximum atomic E-state index is 13.7. The van der Waals surface area contributed by atoms with Crippen molar-refractivity contribution in [1.29, 1.82) is 5.26 Å². The summed E-state index contributed by atoms with van der Waals surface area (Å²) in [6.45, 7) is 2.69. The van der Waals surface area contributed by atoms with Gasteiger partial charge in [-0.25, -0.2) is 8.78 Å². The number of nitrogens with zero attached hydrogens (tertiary/aromatic N) is 1. The third kappa shape index (κ3) is 1.68. The molecule has 1 saturated heterocycles. The number of benzene rings is 1. The van der Waals surface area contributed by atoms with Crippen molar-refractivity contribution in [1.82, 2.24) is 5.32 Å². The van der Waals surface area contributed by atoms with Crippen molar-refractivity contribution in [2.75, 3.05) is 6.54 Å². The molecule has 0 bridgehead atoms. The van der Waals surface area contributed by atoms with Crippen LogP contribution in [-0.2, 0) is 5.54 Å². The summed E-state index contributed by atoms with van der Waals surface area (Å²) in [6.07, 6.45) is 1.75. The highest BCUT2D eigenvalue weighted by Crippen LogP contribution is 2.33. The summed E-state index contributed by atoms with van der Waals surface area (Å²) in [4.78, 5) is 0. The highest BCUT2D eigenvalue weighted by Gasteiger charge is 2.33. The van der Waals surface area contributed by atoms with Crippen molar-refractivity contribution in [3.8, 4) is 6.07 Å². The Morgan fingerprint density at radius 2 is 2.12 bits per heavy atom. The van der Waals surface area contributed by atoms with Crippen molar-refractivity contribution < 1.29 is 8.78 Å². The minimum atomic E-state index is -0.801. The zero-order chi connectivity index (χ0) is 11.8. The number of nitrogens with one attached hydrogen (secondary N) is 1. The summed E-state index contributed by atoms with van der Waals surface area (Å²) < 4.78 is 26.8. The molecule has 0 aromatic heterocycles. The first-order valence-electron chi connectivity index (χ1n) is 5.21. The molecule has 0 saturated carbocycles. The van der Waals surface area contributed by atoms with Gasteiger partial charge in [0.1, 0.15) is 17.7 Å².